The van der Waals surface area contributed by atoms with E-state index in [1.54, 1.807) is 0 Å². The first-order valence-corrected chi connectivity index (χ1v) is 23.1. The molecule has 8 heteroatoms. The van der Waals surface area contributed by atoms with Gasteiger partial charge in [-0.25, -0.2) is 9.97 Å². The summed E-state index contributed by atoms with van der Waals surface area (Å²) in [7, 11) is 0. The Morgan fingerprint density at radius 2 is 0.603 bits per heavy atom. The van der Waals surface area contributed by atoms with Crippen LogP contribution in [-0.4, -0.2) is 46.4 Å². The maximum atomic E-state index is 6.20. The smallest absolute Gasteiger partial charge is 0.119 e. The van der Waals surface area contributed by atoms with Crippen molar-refractivity contribution in [3.05, 3.63) is 195 Å². The van der Waals surface area contributed by atoms with E-state index in [1.807, 2.05) is 72.8 Å². The molecule has 0 radical (unpaired) electrons. The summed E-state index contributed by atoms with van der Waals surface area (Å²) in [4.78, 5) is 18.7. The Bertz CT molecular complexity index is 2820. The van der Waals surface area contributed by atoms with Crippen LogP contribution in [0.4, 0.5) is 0 Å². The highest BCUT2D eigenvalue weighted by molar-refractivity contribution is 6.00. The lowest BCUT2D eigenvalue weighted by molar-refractivity contribution is 0.325. The molecule has 0 amide bonds. The molecule has 0 saturated heterocycles. The molecule has 0 fully saturated rings. The van der Waals surface area contributed by atoms with Crippen molar-refractivity contribution in [2.45, 2.75) is 25.7 Å². The van der Waals surface area contributed by atoms with E-state index < -0.39 is 0 Å². The Kier molecular flexibility index (Phi) is 14.0. The van der Waals surface area contributed by atoms with Crippen LogP contribution in [0, 0.1) is 0 Å². The van der Waals surface area contributed by atoms with Gasteiger partial charge in [-0.1, -0.05) is 72.8 Å². The molecule has 8 bridgehead atoms. The maximum Gasteiger partial charge on any atom is 0.119 e. The fourth-order valence-corrected chi connectivity index (χ4v) is 8.43. The molecular formula is C60H54N4O4. The van der Waals surface area contributed by atoms with Gasteiger partial charge < -0.3 is 28.9 Å². The maximum absolute atomic E-state index is 6.20. The van der Waals surface area contributed by atoms with Gasteiger partial charge in [0.2, 0.25) is 0 Å². The second kappa shape index (κ2) is 21.3. The number of aromatic amines is 2. The van der Waals surface area contributed by atoms with Crippen molar-refractivity contribution >= 4 is 46.4 Å². The third-order valence-electron chi connectivity index (χ3n) is 11.6. The second-order valence-electron chi connectivity index (χ2n) is 16.3. The number of hydrogen-bond donors (Lipinski definition) is 2. The van der Waals surface area contributed by atoms with Gasteiger partial charge in [-0.15, -0.1) is 26.3 Å². The number of fused-ring (bicyclic) bond motifs is 8. The predicted octanol–water partition coefficient (Wildman–Crippen LogP) is 15.1. The molecule has 2 aliphatic heterocycles. The van der Waals surface area contributed by atoms with Crippen LogP contribution in [0.2, 0.25) is 0 Å². The molecule has 4 aromatic carbocycles. The summed E-state index contributed by atoms with van der Waals surface area (Å²) in [5, 5.41) is 0. The van der Waals surface area contributed by atoms with E-state index in [0.717, 1.165) is 138 Å². The van der Waals surface area contributed by atoms with E-state index in [2.05, 4.69) is 133 Å². The normalized spacial score (nSPS) is 11.5. The zero-order valence-corrected chi connectivity index (χ0v) is 38.2. The van der Waals surface area contributed by atoms with E-state index in [1.165, 1.54) is 0 Å². The Morgan fingerprint density at radius 1 is 0.353 bits per heavy atom. The van der Waals surface area contributed by atoms with Crippen LogP contribution in [0.1, 0.15) is 48.5 Å². The molecule has 0 unspecified atom stereocenters. The number of nitrogens with one attached hydrogen (secondary N) is 2. The summed E-state index contributed by atoms with van der Waals surface area (Å²) < 4.78 is 24.8. The van der Waals surface area contributed by atoms with Crippen LogP contribution >= 0.6 is 0 Å². The standard InChI is InChI=1S/C60H54N4O4/c1-5-9-33-65-45-21-13-17-41(37-45)57-49-25-27-51(61-49)58(42-18-14-22-46(38-42)66-34-10-6-2)53-29-31-55(63-53)60(44-20-16-24-48(40-44)68-36-12-8-4)56-32-30-54(64-56)59(52-28-26-50(57)62-52)43-19-15-23-47(39-43)67-35-11-7-3/h5-8,13-32,37-40,61,64H,1-4,9-12,33-36H2. The van der Waals surface area contributed by atoms with E-state index >= 15 is 0 Å². The van der Waals surface area contributed by atoms with Gasteiger partial charge in [0, 0.05) is 44.3 Å². The Morgan fingerprint density at radius 3 is 0.838 bits per heavy atom. The highest BCUT2D eigenvalue weighted by Crippen LogP contribution is 2.40. The number of hydrogen-bond acceptors (Lipinski definition) is 6. The molecule has 338 valence electrons. The largest absolute Gasteiger partial charge is 0.493 e. The van der Waals surface area contributed by atoms with Crippen LogP contribution in [0.3, 0.4) is 0 Å². The Balaban J connectivity index is 1.38. The van der Waals surface area contributed by atoms with E-state index in [4.69, 9.17) is 28.9 Å². The highest BCUT2D eigenvalue weighted by Gasteiger charge is 2.20. The molecule has 0 saturated carbocycles. The van der Waals surface area contributed by atoms with Crippen LogP contribution in [0.5, 0.6) is 23.0 Å². The van der Waals surface area contributed by atoms with E-state index in [0.29, 0.717) is 26.4 Å². The highest BCUT2D eigenvalue weighted by atomic mass is 16.5. The first kappa shape index (κ1) is 44.8. The van der Waals surface area contributed by atoms with Crippen molar-refractivity contribution < 1.29 is 18.9 Å². The average Bonchev–Trinajstić information content (AvgIpc) is 4.21. The first-order valence-electron chi connectivity index (χ1n) is 23.1. The van der Waals surface area contributed by atoms with Gasteiger partial charge in [-0.2, -0.15) is 0 Å². The summed E-state index contributed by atoms with van der Waals surface area (Å²) in [6.07, 6.45) is 18.8. The number of nitrogens with zero attached hydrogens (tertiary/aromatic N) is 2. The molecule has 5 heterocycles. The lowest BCUT2D eigenvalue weighted by atomic mass is 10.0. The number of H-pyrrole nitrogens is 2. The molecular weight excluding hydrogens is 841 g/mol. The molecule has 7 aromatic rings. The fraction of sp³-hybridized carbons (Fsp3) is 0.133. The summed E-state index contributed by atoms with van der Waals surface area (Å²) in [6, 6.07) is 41.2. The van der Waals surface area contributed by atoms with Crippen molar-refractivity contribution in [3.8, 4) is 67.5 Å². The molecule has 2 aliphatic rings. The molecule has 2 N–H and O–H groups in total. The van der Waals surface area contributed by atoms with Gasteiger partial charge in [0.15, 0.2) is 0 Å². The number of rotatable bonds is 20. The van der Waals surface area contributed by atoms with Crippen molar-refractivity contribution in [3.63, 3.8) is 0 Å². The number of aromatic nitrogens is 4. The third-order valence-corrected chi connectivity index (χ3v) is 11.6. The van der Waals surface area contributed by atoms with Crippen molar-refractivity contribution in [1.82, 2.24) is 19.9 Å². The minimum absolute atomic E-state index is 0.526. The predicted molar refractivity (Wildman–Crippen MR) is 282 cm³/mol. The van der Waals surface area contributed by atoms with Crippen molar-refractivity contribution in [2.24, 2.45) is 0 Å². The molecule has 9 rings (SSSR count). The second-order valence-corrected chi connectivity index (χ2v) is 16.3. The summed E-state index contributed by atoms with van der Waals surface area (Å²) in [6.45, 7) is 17.6. The molecule has 68 heavy (non-hydrogen) atoms. The summed E-state index contributed by atoms with van der Waals surface area (Å²) in [5.41, 5.74) is 14.1. The van der Waals surface area contributed by atoms with Gasteiger partial charge in [-0.05, 0) is 145 Å². The van der Waals surface area contributed by atoms with Gasteiger partial charge >= 0.3 is 0 Å². The van der Waals surface area contributed by atoms with E-state index in [-0.39, 0.29) is 0 Å². The zero-order chi connectivity index (χ0) is 46.7. The SMILES string of the molecule is C=CCCOc1cccc(-c2c3nc(c(-c4cccc(OCCC=C)c4)c4ccc([nH]4)c(-c4cccc(OCCC=C)c4)c4nc(c(-c5cccc(OCCC=C)c5)c5ccc2[nH]5)C=C4)C=C3)c1. The van der Waals surface area contributed by atoms with Crippen LogP contribution in [-0.2, 0) is 0 Å². The van der Waals surface area contributed by atoms with Crippen molar-refractivity contribution in [2.75, 3.05) is 26.4 Å². The molecule has 3 aromatic heterocycles. The summed E-state index contributed by atoms with van der Waals surface area (Å²) >= 11 is 0. The Hall–Kier alpha value is -8.36. The van der Waals surface area contributed by atoms with Gasteiger partial charge in [0.1, 0.15) is 23.0 Å². The number of benzene rings is 4. The first-order chi connectivity index (χ1) is 33.5. The molecule has 0 atom stereocenters. The van der Waals surface area contributed by atoms with Crippen LogP contribution in [0.15, 0.2) is 172 Å². The van der Waals surface area contributed by atoms with Gasteiger partial charge in [0.05, 0.1) is 49.2 Å². The van der Waals surface area contributed by atoms with Crippen LogP contribution < -0.4 is 18.9 Å². The van der Waals surface area contributed by atoms with Gasteiger partial charge in [-0.3, -0.25) is 0 Å². The topological polar surface area (TPSA) is 94.3 Å². The van der Waals surface area contributed by atoms with Crippen LogP contribution in [0.25, 0.3) is 90.9 Å². The lowest BCUT2D eigenvalue weighted by Gasteiger charge is -2.10. The quantitative estimate of drug-likeness (QED) is 0.0585. The Labute approximate surface area is 398 Å². The lowest BCUT2D eigenvalue weighted by Crippen LogP contribution is -1.96. The molecule has 0 aliphatic carbocycles. The summed E-state index contributed by atoms with van der Waals surface area (Å²) in [5.74, 6) is 3.04. The zero-order valence-electron chi connectivity index (χ0n) is 38.2. The number of ether oxygens (including phenoxy) is 4. The van der Waals surface area contributed by atoms with Crippen molar-refractivity contribution in [1.29, 1.82) is 0 Å². The molecule has 8 nitrogen and oxygen atoms in total. The van der Waals surface area contributed by atoms with Gasteiger partial charge in [0.25, 0.3) is 0 Å². The average molecular weight is 895 g/mol. The minimum atomic E-state index is 0.526. The fourth-order valence-electron chi connectivity index (χ4n) is 8.43. The van der Waals surface area contributed by atoms with E-state index in [9.17, 15) is 0 Å². The molecule has 0 spiro atoms. The third kappa shape index (κ3) is 10.1. The monoisotopic (exact) mass is 894 g/mol. The minimum Gasteiger partial charge on any atom is -0.493 e.